The predicted octanol–water partition coefficient (Wildman–Crippen LogP) is 4.35. The Hall–Kier alpha value is -0.191. The van der Waals surface area contributed by atoms with E-state index in [0.29, 0.717) is 10.6 Å². The van der Waals surface area contributed by atoms with Gasteiger partial charge in [-0.1, -0.05) is 0 Å². The standard InChI is InChI=1S/C6H8NO2.3C4H9.Sn/c8-6(9)7-4-2-1-3-5-7;3*1-3-4-2;/h1-2,5H,3-4H2,(H,8,9);3*1,3-4H2,2H3;/p-1. The molecule has 3 nitrogen and oxygen atoms in total. The molecule has 4 heteroatoms. The van der Waals surface area contributed by atoms with Crippen molar-refractivity contribution >= 4 is 24.5 Å². The van der Waals surface area contributed by atoms with Crippen LogP contribution in [0.1, 0.15) is 65.7 Å². The Morgan fingerprint density at radius 3 is 1.95 bits per heavy atom. The number of rotatable bonds is 10. The van der Waals surface area contributed by atoms with Crippen molar-refractivity contribution in [1.82, 2.24) is 4.90 Å². The van der Waals surface area contributed by atoms with Crippen molar-refractivity contribution in [2.45, 2.75) is 83.1 Å². The van der Waals surface area contributed by atoms with Crippen molar-refractivity contribution in [3.63, 3.8) is 0 Å². The Kier molecular flexibility index (Phi) is 9.53. The van der Waals surface area contributed by atoms with Crippen LogP contribution in [0.4, 0.5) is 4.79 Å². The molecule has 1 rings (SSSR count). The number of carbonyl (C=O) groups is 1. The van der Waals surface area contributed by atoms with Crippen molar-refractivity contribution in [2.75, 3.05) is 6.54 Å². The number of nitrogens with zero attached hydrogens (tertiary/aromatic N) is 1. The van der Waals surface area contributed by atoms with Crippen LogP contribution in [-0.2, 0) is 0 Å². The molecule has 0 saturated heterocycles. The van der Waals surface area contributed by atoms with Gasteiger partial charge in [0.2, 0.25) is 0 Å². The molecule has 1 aliphatic rings. The molecule has 0 radical (unpaired) electrons. The Morgan fingerprint density at radius 1 is 1.05 bits per heavy atom. The summed E-state index contributed by atoms with van der Waals surface area (Å²) in [6.07, 6.45) is 11.8. The molecule has 1 amide bonds. The van der Waals surface area contributed by atoms with Crippen LogP contribution in [0, 0.1) is 0 Å². The van der Waals surface area contributed by atoms with Gasteiger partial charge in [0, 0.05) is 0 Å². The van der Waals surface area contributed by atoms with E-state index in [1.54, 1.807) is 4.90 Å². The van der Waals surface area contributed by atoms with Gasteiger partial charge in [0.05, 0.1) is 0 Å². The normalized spacial score (nSPS) is 18.7. The van der Waals surface area contributed by atoms with Crippen molar-refractivity contribution in [2.24, 2.45) is 0 Å². The molecule has 0 fully saturated rings. The average molecular weight is 415 g/mol. The van der Waals surface area contributed by atoms with Crippen molar-refractivity contribution in [1.29, 1.82) is 0 Å². The summed E-state index contributed by atoms with van der Waals surface area (Å²) in [5.74, 6) is 0. The van der Waals surface area contributed by atoms with Crippen LogP contribution >= 0.6 is 0 Å². The van der Waals surface area contributed by atoms with Gasteiger partial charge < -0.3 is 0 Å². The maximum atomic E-state index is 11.6. The summed E-state index contributed by atoms with van der Waals surface area (Å²) in [5, 5.41) is 11.6. The van der Waals surface area contributed by atoms with Gasteiger partial charge in [0.1, 0.15) is 0 Å². The summed E-state index contributed by atoms with van der Waals surface area (Å²) in [6.45, 7) is 7.32. The van der Waals surface area contributed by atoms with Gasteiger partial charge in [-0.25, -0.2) is 0 Å². The first-order chi connectivity index (χ1) is 10.6. The molecule has 0 aromatic rings. The number of unbranched alkanes of at least 4 members (excludes halogenated alkanes) is 3. The summed E-state index contributed by atoms with van der Waals surface area (Å²) < 4.78 is 4.38. The molecule has 0 N–H and O–H groups in total. The summed E-state index contributed by atoms with van der Waals surface area (Å²) >= 11 is -2.53. The van der Waals surface area contributed by atoms with E-state index in [9.17, 15) is 9.90 Å². The molecule has 0 spiro atoms. The van der Waals surface area contributed by atoms with Crippen LogP contribution in [0.5, 0.6) is 0 Å². The van der Waals surface area contributed by atoms with E-state index in [1.165, 1.54) is 51.8 Å². The van der Waals surface area contributed by atoms with Crippen molar-refractivity contribution in [3.05, 3.63) is 12.2 Å². The number of carboxylic acid groups (broad SMARTS) is 1. The summed E-state index contributed by atoms with van der Waals surface area (Å²) in [4.78, 5) is 13.3. The third kappa shape index (κ3) is 5.47. The first kappa shape index (κ1) is 19.9. The van der Waals surface area contributed by atoms with Crippen LogP contribution in [0.15, 0.2) is 12.2 Å². The molecule has 0 saturated carbocycles. The molecular formula is C18H34NO2Sn-. The second-order valence-electron chi connectivity index (χ2n) is 6.81. The fourth-order valence-corrected chi connectivity index (χ4v) is 22.3. The van der Waals surface area contributed by atoms with Crippen LogP contribution < -0.4 is 5.11 Å². The zero-order valence-corrected chi connectivity index (χ0v) is 17.6. The van der Waals surface area contributed by atoms with Crippen molar-refractivity contribution < 1.29 is 9.90 Å². The fraction of sp³-hybridized carbons (Fsp3) is 0.833. The molecule has 1 atom stereocenters. The Morgan fingerprint density at radius 2 is 1.55 bits per heavy atom. The average Bonchev–Trinajstić information content (AvgIpc) is 2.54. The number of hydrogen-bond acceptors (Lipinski definition) is 2. The number of carbonyl (C=O) groups excluding carboxylic acids is 1. The minimum atomic E-state index is -2.53. The van der Waals surface area contributed by atoms with Crippen LogP contribution in [-0.4, -0.2) is 40.0 Å². The quantitative estimate of drug-likeness (QED) is 0.394. The number of hydrogen-bond donors (Lipinski definition) is 0. The summed E-state index contributed by atoms with van der Waals surface area (Å²) in [7, 11) is 0. The Bertz CT molecular complexity index is 335. The van der Waals surface area contributed by atoms with Crippen molar-refractivity contribution in [3.8, 4) is 0 Å². The third-order valence-corrected chi connectivity index (χ3v) is 22.4. The SMILES string of the molecule is CCC[CH2][Sn]([CH2]CCC)([CH2]CCC)[CH]1CC=CCN1C(=O)[O-]. The van der Waals surface area contributed by atoms with E-state index in [2.05, 4.69) is 26.8 Å². The zero-order chi connectivity index (χ0) is 16.4. The second kappa shape index (κ2) is 10.6. The molecule has 0 aromatic carbocycles. The van der Waals surface area contributed by atoms with E-state index in [4.69, 9.17) is 0 Å². The van der Waals surface area contributed by atoms with E-state index in [-0.39, 0.29) is 0 Å². The second-order valence-corrected chi connectivity index (χ2v) is 20.8. The molecule has 22 heavy (non-hydrogen) atoms. The zero-order valence-electron chi connectivity index (χ0n) is 14.8. The van der Waals surface area contributed by atoms with Gasteiger partial charge >= 0.3 is 141 Å². The van der Waals surface area contributed by atoms with E-state index in [1.807, 2.05) is 6.08 Å². The van der Waals surface area contributed by atoms with Gasteiger partial charge in [-0.15, -0.1) is 0 Å². The molecular weight excluding hydrogens is 381 g/mol. The van der Waals surface area contributed by atoms with Gasteiger partial charge in [-0.3, -0.25) is 0 Å². The van der Waals surface area contributed by atoms with Gasteiger partial charge in [0.25, 0.3) is 0 Å². The van der Waals surface area contributed by atoms with E-state index < -0.39 is 24.5 Å². The Balaban J connectivity index is 3.05. The fourth-order valence-electron chi connectivity index (χ4n) is 3.91. The first-order valence-corrected chi connectivity index (χ1v) is 16.9. The van der Waals surface area contributed by atoms with Gasteiger partial charge in [-0.2, -0.15) is 0 Å². The summed E-state index contributed by atoms with van der Waals surface area (Å²) in [5.41, 5.74) is 0. The minimum absolute atomic E-state index is 0.314. The summed E-state index contributed by atoms with van der Waals surface area (Å²) in [6, 6.07) is 0. The molecule has 0 bridgehead atoms. The molecule has 1 heterocycles. The van der Waals surface area contributed by atoms with Crippen LogP contribution in [0.3, 0.4) is 0 Å². The first-order valence-electron chi connectivity index (χ1n) is 9.24. The maximum absolute atomic E-state index is 11.6. The topological polar surface area (TPSA) is 43.4 Å². The molecule has 1 aliphatic heterocycles. The van der Waals surface area contributed by atoms with Gasteiger partial charge in [0.15, 0.2) is 0 Å². The monoisotopic (exact) mass is 416 g/mol. The van der Waals surface area contributed by atoms with E-state index >= 15 is 0 Å². The molecule has 1 unspecified atom stereocenters. The molecule has 128 valence electrons. The Labute approximate surface area is 141 Å². The number of amides is 1. The molecule has 0 aromatic heterocycles. The van der Waals surface area contributed by atoms with Gasteiger partial charge in [-0.05, 0) is 0 Å². The predicted molar refractivity (Wildman–Crippen MR) is 94.5 cm³/mol. The molecule has 0 aliphatic carbocycles. The van der Waals surface area contributed by atoms with Crippen LogP contribution in [0.2, 0.25) is 13.3 Å². The van der Waals surface area contributed by atoms with E-state index in [0.717, 1.165) is 6.42 Å². The third-order valence-electron chi connectivity index (χ3n) is 5.23. The van der Waals surface area contributed by atoms with Crippen LogP contribution in [0.25, 0.3) is 0 Å².